The predicted molar refractivity (Wildman–Crippen MR) is 110 cm³/mol. The molecule has 5 heteroatoms. The number of carbonyl (C=O) groups excluding carboxylic acids is 1. The van der Waals surface area contributed by atoms with E-state index in [-0.39, 0.29) is 17.7 Å². The Labute approximate surface area is 169 Å². The van der Waals surface area contributed by atoms with Crippen LogP contribution in [0.3, 0.4) is 0 Å². The van der Waals surface area contributed by atoms with Crippen LogP contribution in [0, 0.1) is 11.7 Å². The van der Waals surface area contributed by atoms with Crippen LogP contribution in [0.25, 0.3) is 6.08 Å². The maximum absolute atomic E-state index is 14.3. The molecule has 1 aliphatic carbocycles. The molecule has 2 unspecified atom stereocenters. The molecule has 1 saturated carbocycles. The molecule has 1 N–H and O–H groups in total. The summed E-state index contributed by atoms with van der Waals surface area (Å²) in [4.78, 5) is 16.1. The molecule has 0 aliphatic heterocycles. The van der Waals surface area contributed by atoms with Crippen molar-refractivity contribution >= 4 is 12.0 Å². The van der Waals surface area contributed by atoms with Gasteiger partial charge in [-0.05, 0) is 60.2 Å². The van der Waals surface area contributed by atoms with E-state index in [1.807, 2.05) is 18.2 Å². The number of hydrogen-bond donors (Lipinski definition) is 1. The molecular formula is C24H21FN2O2. The summed E-state index contributed by atoms with van der Waals surface area (Å²) in [6, 6.07) is 18.5. The van der Waals surface area contributed by atoms with Crippen LogP contribution in [0.1, 0.15) is 17.5 Å². The second kappa shape index (κ2) is 8.69. The molecule has 1 amide bonds. The van der Waals surface area contributed by atoms with Gasteiger partial charge in [-0.3, -0.25) is 9.78 Å². The van der Waals surface area contributed by atoms with E-state index in [0.29, 0.717) is 17.2 Å². The van der Waals surface area contributed by atoms with Crippen LogP contribution in [0.2, 0.25) is 0 Å². The lowest BCUT2D eigenvalue weighted by molar-refractivity contribution is -0.116. The highest BCUT2D eigenvalue weighted by Gasteiger charge is 2.37. The van der Waals surface area contributed by atoms with Gasteiger partial charge in [0.25, 0.3) is 0 Å². The van der Waals surface area contributed by atoms with E-state index in [4.69, 9.17) is 4.74 Å². The highest BCUT2D eigenvalue weighted by molar-refractivity contribution is 5.92. The smallest absolute Gasteiger partial charge is 0.244 e. The molecule has 3 aromatic rings. The minimum Gasteiger partial charge on any atom is -0.453 e. The molecule has 2 aromatic carbocycles. The van der Waals surface area contributed by atoms with Crippen LogP contribution in [-0.2, 0) is 11.2 Å². The largest absolute Gasteiger partial charge is 0.453 e. The van der Waals surface area contributed by atoms with E-state index in [9.17, 15) is 9.18 Å². The average Bonchev–Trinajstić information content (AvgIpc) is 3.46. The normalized spacial score (nSPS) is 17.8. The molecule has 1 heterocycles. The van der Waals surface area contributed by atoms with Crippen molar-refractivity contribution in [1.29, 1.82) is 0 Å². The third-order valence-corrected chi connectivity index (χ3v) is 4.84. The van der Waals surface area contributed by atoms with E-state index in [1.54, 1.807) is 30.5 Å². The molecule has 1 aromatic heterocycles. The van der Waals surface area contributed by atoms with Crippen LogP contribution < -0.4 is 10.1 Å². The lowest BCUT2D eigenvalue weighted by atomic mass is 10.1. The van der Waals surface area contributed by atoms with Gasteiger partial charge in [0.1, 0.15) is 5.75 Å². The minimum atomic E-state index is -0.499. The SMILES string of the molecule is O=C(/C=C/c1ccc(Oc2cccnc2)c(F)c1)NC1CC1Cc1ccccc1. The zero-order valence-corrected chi connectivity index (χ0v) is 15.8. The van der Waals surface area contributed by atoms with Gasteiger partial charge < -0.3 is 10.1 Å². The van der Waals surface area contributed by atoms with Crippen LogP contribution in [0.15, 0.2) is 79.1 Å². The first-order valence-electron chi connectivity index (χ1n) is 9.57. The number of rotatable bonds is 7. The molecule has 0 saturated heterocycles. The van der Waals surface area contributed by atoms with Crippen LogP contribution in [0.4, 0.5) is 4.39 Å². The first kappa shape index (κ1) is 18.9. The van der Waals surface area contributed by atoms with E-state index in [1.165, 1.54) is 30.0 Å². The van der Waals surface area contributed by atoms with Crippen molar-refractivity contribution in [3.63, 3.8) is 0 Å². The standard InChI is InChI=1S/C24H21FN2O2/c25-21-14-18(8-10-23(21)29-20-7-4-12-26-16-20)9-11-24(28)27-22-15-19(22)13-17-5-2-1-3-6-17/h1-12,14,16,19,22H,13,15H2,(H,27,28)/b11-9+. The second-order valence-corrected chi connectivity index (χ2v) is 7.11. The molecule has 29 heavy (non-hydrogen) atoms. The van der Waals surface area contributed by atoms with E-state index < -0.39 is 5.82 Å². The number of benzene rings is 2. The summed E-state index contributed by atoms with van der Waals surface area (Å²) >= 11 is 0. The van der Waals surface area contributed by atoms with Crippen LogP contribution in [0.5, 0.6) is 11.5 Å². The summed E-state index contributed by atoms with van der Waals surface area (Å²) in [6.45, 7) is 0. The molecule has 1 fully saturated rings. The van der Waals surface area contributed by atoms with Crippen LogP contribution >= 0.6 is 0 Å². The van der Waals surface area contributed by atoms with Gasteiger partial charge in [0.05, 0.1) is 6.20 Å². The number of aromatic nitrogens is 1. The third-order valence-electron chi connectivity index (χ3n) is 4.84. The summed E-state index contributed by atoms with van der Waals surface area (Å²) in [7, 11) is 0. The summed E-state index contributed by atoms with van der Waals surface area (Å²) in [5, 5.41) is 3.00. The van der Waals surface area contributed by atoms with Crippen molar-refractivity contribution in [1.82, 2.24) is 10.3 Å². The minimum absolute atomic E-state index is 0.112. The first-order chi connectivity index (χ1) is 14.2. The van der Waals surface area contributed by atoms with Gasteiger partial charge in [-0.2, -0.15) is 0 Å². The lowest BCUT2D eigenvalue weighted by Gasteiger charge is -2.06. The zero-order valence-electron chi connectivity index (χ0n) is 15.8. The van der Waals surface area contributed by atoms with Gasteiger partial charge in [0.2, 0.25) is 5.91 Å². The Hall–Kier alpha value is -3.47. The first-order valence-corrected chi connectivity index (χ1v) is 9.57. The van der Waals surface area contributed by atoms with Crippen molar-refractivity contribution in [3.05, 3.63) is 96.1 Å². The number of carbonyl (C=O) groups is 1. The Morgan fingerprint density at radius 2 is 2.03 bits per heavy atom. The van der Waals surface area contributed by atoms with Gasteiger partial charge >= 0.3 is 0 Å². The van der Waals surface area contributed by atoms with Crippen LogP contribution in [-0.4, -0.2) is 16.9 Å². The van der Waals surface area contributed by atoms with Crippen molar-refractivity contribution in [2.75, 3.05) is 0 Å². The molecule has 1 aliphatic rings. The average molecular weight is 388 g/mol. The van der Waals surface area contributed by atoms with E-state index in [2.05, 4.69) is 22.4 Å². The van der Waals surface area contributed by atoms with Crippen molar-refractivity contribution in [2.45, 2.75) is 18.9 Å². The van der Waals surface area contributed by atoms with Crippen molar-refractivity contribution in [2.24, 2.45) is 5.92 Å². The molecule has 2 atom stereocenters. The molecule has 4 rings (SSSR count). The highest BCUT2D eigenvalue weighted by atomic mass is 19.1. The highest BCUT2D eigenvalue weighted by Crippen LogP contribution is 2.33. The Balaban J connectivity index is 1.29. The molecule has 0 spiro atoms. The molecular weight excluding hydrogens is 367 g/mol. The number of nitrogens with zero attached hydrogens (tertiary/aromatic N) is 1. The number of halogens is 1. The number of hydrogen-bond acceptors (Lipinski definition) is 3. The summed E-state index contributed by atoms with van der Waals surface area (Å²) in [6.07, 6.45) is 8.13. The lowest BCUT2D eigenvalue weighted by Crippen LogP contribution is -2.25. The van der Waals surface area contributed by atoms with Gasteiger partial charge in [-0.1, -0.05) is 36.4 Å². The van der Waals surface area contributed by atoms with E-state index >= 15 is 0 Å². The monoisotopic (exact) mass is 388 g/mol. The topological polar surface area (TPSA) is 51.2 Å². The van der Waals surface area contributed by atoms with E-state index in [0.717, 1.165) is 12.8 Å². The fraction of sp³-hybridized carbons (Fsp3) is 0.167. The summed E-state index contributed by atoms with van der Waals surface area (Å²) in [5.41, 5.74) is 1.88. The zero-order chi connectivity index (χ0) is 20.1. The fourth-order valence-corrected chi connectivity index (χ4v) is 3.21. The maximum Gasteiger partial charge on any atom is 0.244 e. The number of pyridine rings is 1. The van der Waals surface area contributed by atoms with Crippen molar-refractivity contribution in [3.8, 4) is 11.5 Å². The Morgan fingerprint density at radius 1 is 1.17 bits per heavy atom. The van der Waals surface area contributed by atoms with Gasteiger partial charge in [0, 0.05) is 18.3 Å². The third kappa shape index (κ3) is 5.29. The second-order valence-electron chi connectivity index (χ2n) is 7.11. The molecule has 4 nitrogen and oxygen atoms in total. The number of nitrogens with one attached hydrogen (secondary N) is 1. The van der Waals surface area contributed by atoms with Gasteiger partial charge in [-0.25, -0.2) is 4.39 Å². The summed E-state index contributed by atoms with van der Waals surface area (Å²) < 4.78 is 19.7. The Bertz CT molecular complexity index is 1010. The number of ether oxygens (including phenoxy) is 1. The molecule has 146 valence electrons. The van der Waals surface area contributed by atoms with Gasteiger partial charge in [0.15, 0.2) is 11.6 Å². The maximum atomic E-state index is 14.3. The predicted octanol–water partition coefficient (Wildman–Crippen LogP) is 4.77. The fourth-order valence-electron chi connectivity index (χ4n) is 3.21. The Kier molecular flexibility index (Phi) is 5.66. The van der Waals surface area contributed by atoms with Crippen molar-refractivity contribution < 1.29 is 13.9 Å². The molecule has 0 radical (unpaired) electrons. The number of amides is 1. The Morgan fingerprint density at radius 3 is 2.79 bits per heavy atom. The summed E-state index contributed by atoms with van der Waals surface area (Å²) in [5.74, 6) is 0.393. The quantitative estimate of drug-likeness (QED) is 0.593. The van der Waals surface area contributed by atoms with Gasteiger partial charge in [-0.15, -0.1) is 0 Å². The molecule has 0 bridgehead atoms.